The molecule has 0 aromatic carbocycles. The number of ether oxygens (including phenoxy) is 1. The van der Waals surface area contributed by atoms with Gasteiger partial charge in [0.2, 0.25) is 0 Å². The zero-order valence-electron chi connectivity index (χ0n) is 12.0. The first-order valence-electron chi connectivity index (χ1n) is 7.59. The average molecular weight is 263 g/mol. The van der Waals surface area contributed by atoms with Crippen LogP contribution in [-0.4, -0.2) is 34.3 Å². The highest BCUT2D eigenvalue weighted by atomic mass is 16.5. The minimum Gasteiger partial charge on any atom is -0.375 e. The second kappa shape index (κ2) is 5.63. The summed E-state index contributed by atoms with van der Waals surface area (Å²) in [6, 6.07) is 0.628. The Labute approximate surface area is 115 Å². The van der Waals surface area contributed by atoms with E-state index in [1.165, 1.54) is 12.2 Å². The van der Waals surface area contributed by atoms with E-state index in [2.05, 4.69) is 34.9 Å². The molecular formula is C15H25N3O. The Morgan fingerprint density at radius 2 is 2.16 bits per heavy atom. The van der Waals surface area contributed by atoms with E-state index in [9.17, 15) is 0 Å². The topological polar surface area (TPSA) is 39.1 Å². The summed E-state index contributed by atoms with van der Waals surface area (Å²) in [5.74, 6) is 2.00. The van der Waals surface area contributed by atoms with Crippen molar-refractivity contribution in [3.63, 3.8) is 0 Å². The van der Waals surface area contributed by atoms with Crippen LogP contribution in [-0.2, 0) is 17.7 Å². The molecule has 0 amide bonds. The average Bonchev–Trinajstić information content (AvgIpc) is 2.82. The Morgan fingerprint density at radius 3 is 2.95 bits per heavy atom. The summed E-state index contributed by atoms with van der Waals surface area (Å²) in [4.78, 5) is 4.39. The molecular weight excluding hydrogens is 238 g/mol. The molecule has 0 bridgehead atoms. The fraction of sp³-hybridized carbons (Fsp3) is 0.800. The van der Waals surface area contributed by atoms with E-state index < -0.39 is 0 Å². The fourth-order valence-corrected chi connectivity index (χ4v) is 3.51. The van der Waals surface area contributed by atoms with Crippen molar-refractivity contribution in [1.29, 1.82) is 0 Å². The molecule has 3 rings (SSSR count). The SMILES string of the molecule is C[C@@H]1CC(NC[C@@H]2CCc3nccn3C2)C[C@@H](C)O1. The van der Waals surface area contributed by atoms with Gasteiger partial charge in [-0.1, -0.05) is 0 Å². The van der Waals surface area contributed by atoms with Gasteiger partial charge in [0.25, 0.3) is 0 Å². The molecule has 0 aliphatic carbocycles. The summed E-state index contributed by atoms with van der Waals surface area (Å²) < 4.78 is 8.10. The quantitative estimate of drug-likeness (QED) is 0.906. The minimum atomic E-state index is 0.396. The minimum absolute atomic E-state index is 0.396. The monoisotopic (exact) mass is 263 g/mol. The van der Waals surface area contributed by atoms with Crippen LogP contribution >= 0.6 is 0 Å². The first-order chi connectivity index (χ1) is 9.20. The molecule has 1 N–H and O–H groups in total. The third kappa shape index (κ3) is 3.18. The van der Waals surface area contributed by atoms with Gasteiger partial charge >= 0.3 is 0 Å². The third-order valence-corrected chi connectivity index (χ3v) is 4.43. The first kappa shape index (κ1) is 13.1. The van der Waals surface area contributed by atoms with Crippen molar-refractivity contribution in [2.24, 2.45) is 5.92 Å². The van der Waals surface area contributed by atoms with Gasteiger partial charge in [0, 0.05) is 31.4 Å². The van der Waals surface area contributed by atoms with E-state index in [0.29, 0.717) is 18.2 Å². The molecule has 3 heterocycles. The highest BCUT2D eigenvalue weighted by Crippen LogP contribution is 2.21. The number of fused-ring (bicyclic) bond motifs is 1. The molecule has 0 saturated carbocycles. The maximum absolute atomic E-state index is 5.79. The molecule has 2 aliphatic heterocycles. The second-order valence-corrected chi connectivity index (χ2v) is 6.23. The smallest absolute Gasteiger partial charge is 0.108 e. The van der Waals surface area contributed by atoms with Crippen LogP contribution in [0.5, 0.6) is 0 Å². The van der Waals surface area contributed by atoms with Gasteiger partial charge in [-0.2, -0.15) is 0 Å². The Kier molecular flexibility index (Phi) is 3.89. The van der Waals surface area contributed by atoms with Crippen LogP contribution in [0.2, 0.25) is 0 Å². The van der Waals surface area contributed by atoms with Gasteiger partial charge in [0.1, 0.15) is 5.82 Å². The van der Waals surface area contributed by atoms with E-state index in [1.807, 2.05) is 6.20 Å². The van der Waals surface area contributed by atoms with Crippen LogP contribution in [0.1, 0.15) is 38.9 Å². The highest BCUT2D eigenvalue weighted by molar-refractivity contribution is 4.97. The zero-order chi connectivity index (χ0) is 13.2. The van der Waals surface area contributed by atoms with Crippen molar-refractivity contribution >= 4 is 0 Å². The number of nitrogens with zero attached hydrogens (tertiary/aromatic N) is 2. The van der Waals surface area contributed by atoms with Crippen LogP contribution in [0.4, 0.5) is 0 Å². The largest absolute Gasteiger partial charge is 0.375 e. The molecule has 0 radical (unpaired) electrons. The molecule has 19 heavy (non-hydrogen) atoms. The van der Waals surface area contributed by atoms with Crippen molar-refractivity contribution in [3.05, 3.63) is 18.2 Å². The number of hydrogen-bond donors (Lipinski definition) is 1. The van der Waals surface area contributed by atoms with Crippen molar-refractivity contribution in [1.82, 2.24) is 14.9 Å². The van der Waals surface area contributed by atoms with E-state index in [0.717, 1.165) is 38.3 Å². The third-order valence-electron chi connectivity index (χ3n) is 4.43. The molecule has 4 nitrogen and oxygen atoms in total. The Hall–Kier alpha value is -0.870. The molecule has 1 saturated heterocycles. The van der Waals surface area contributed by atoms with Gasteiger partial charge < -0.3 is 14.6 Å². The lowest BCUT2D eigenvalue weighted by Gasteiger charge is -2.34. The van der Waals surface area contributed by atoms with Crippen LogP contribution in [0, 0.1) is 5.92 Å². The molecule has 3 atom stereocenters. The molecule has 1 aromatic heterocycles. The van der Waals surface area contributed by atoms with Crippen molar-refractivity contribution in [2.75, 3.05) is 6.54 Å². The van der Waals surface area contributed by atoms with Crippen LogP contribution < -0.4 is 5.32 Å². The van der Waals surface area contributed by atoms with E-state index >= 15 is 0 Å². The normalized spacial score (nSPS) is 35.1. The second-order valence-electron chi connectivity index (χ2n) is 6.23. The van der Waals surface area contributed by atoms with Crippen molar-refractivity contribution in [3.8, 4) is 0 Å². The molecule has 106 valence electrons. The summed E-state index contributed by atoms with van der Waals surface area (Å²) in [6.07, 6.45) is 9.51. The van der Waals surface area contributed by atoms with Gasteiger partial charge in [-0.3, -0.25) is 0 Å². The van der Waals surface area contributed by atoms with Gasteiger partial charge in [-0.25, -0.2) is 4.98 Å². The zero-order valence-corrected chi connectivity index (χ0v) is 12.0. The standard InChI is InChI=1S/C15H25N3O/c1-11-7-14(8-12(2)19-11)17-9-13-3-4-15-16-5-6-18(15)10-13/h5-6,11-14,17H,3-4,7-10H2,1-2H3/t11-,12-,13+/m1/s1. The Balaban J connectivity index is 1.48. The number of nitrogens with one attached hydrogen (secondary N) is 1. The van der Waals surface area contributed by atoms with E-state index in [1.54, 1.807) is 0 Å². The maximum Gasteiger partial charge on any atom is 0.108 e. The van der Waals surface area contributed by atoms with E-state index in [-0.39, 0.29) is 0 Å². The lowest BCUT2D eigenvalue weighted by molar-refractivity contribution is -0.0426. The summed E-state index contributed by atoms with van der Waals surface area (Å²) in [5.41, 5.74) is 0. The highest BCUT2D eigenvalue weighted by Gasteiger charge is 2.25. The molecule has 4 heteroatoms. The van der Waals surface area contributed by atoms with Gasteiger partial charge in [0.05, 0.1) is 12.2 Å². The van der Waals surface area contributed by atoms with Gasteiger partial charge in [-0.05, 0) is 45.6 Å². The van der Waals surface area contributed by atoms with Crippen LogP contribution in [0.25, 0.3) is 0 Å². The summed E-state index contributed by atoms with van der Waals surface area (Å²) in [7, 11) is 0. The summed E-state index contributed by atoms with van der Waals surface area (Å²) >= 11 is 0. The number of aromatic nitrogens is 2. The number of imidazole rings is 1. The summed E-state index contributed by atoms with van der Waals surface area (Å²) in [5, 5.41) is 3.76. The molecule has 0 unspecified atom stereocenters. The fourth-order valence-electron chi connectivity index (χ4n) is 3.51. The van der Waals surface area contributed by atoms with Crippen molar-refractivity contribution < 1.29 is 4.74 Å². The first-order valence-corrected chi connectivity index (χ1v) is 7.59. The molecule has 1 aromatic rings. The number of hydrogen-bond acceptors (Lipinski definition) is 3. The van der Waals surface area contributed by atoms with Gasteiger partial charge in [0.15, 0.2) is 0 Å². The Bertz CT molecular complexity index is 407. The van der Waals surface area contributed by atoms with Gasteiger partial charge in [-0.15, -0.1) is 0 Å². The maximum atomic E-state index is 5.79. The molecule has 2 aliphatic rings. The molecule has 1 fully saturated rings. The van der Waals surface area contributed by atoms with Crippen LogP contribution in [0.15, 0.2) is 12.4 Å². The predicted molar refractivity (Wildman–Crippen MR) is 75.1 cm³/mol. The lowest BCUT2D eigenvalue weighted by Crippen LogP contribution is -2.43. The Morgan fingerprint density at radius 1 is 1.37 bits per heavy atom. The van der Waals surface area contributed by atoms with E-state index in [4.69, 9.17) is 4.74 Å². The summed E-state index contributed by atoms with van der Waals surface area (Å²) in [6.45, 7) is 6.61. The predicted octanol–water partition coefficient (Wildman–Crippen LogP) is 1.99. The lowest BCUT2D eigenvalue weighted by atomic mass is 9.96. The van der Waals surface area contributed by atoms with Crippen molar-refractivity contribution in [2.45, 2.75) is 64.3 Å². The van der Waals surface area contributed by atoms with Crippen LogP contribution in [0.3, 0.4) is 0 Å². The number of aryl methyl sites for hydroxylation is 1. The number of rotatable bonds is 3. The molecule has 0 spiro atoms.